The molecule has 2 heterocycles. The number of benzene rings is 3. The standard InChI is InChI=1S/C34H30N2O4S/c1-5-20-40-27-18-12-23(13-19-27)21-28-32(37)36-31(26-16-14-24(15-17-26)22(3)4)29(33(38)39-6-2)30(35-34(36)41-28)25-10-8-7-9-11-25/h1,7-19,21-22,31H,6,20H2,2-4H3/b28-21-/t31-/m0/s1. The molecule has 0 saturated heterocycles. The molecule has 5 rings (SSSR count). The molecule has 6 nitrogen and oxygen atoms in total. The van der Waals surface area contributed by atoms with Crippen molar-refractivity contribution in [2.24, 2.45) is 4.99 Å². The molecule has 4 aromatic rings. The Morgan fingerprint density at radius 2 is 1.78 bits per heavy atom. The fourth-order valence-electron chi connectivity index (χ4n) is 4.76. The molecule has 0 N–H and O–H groups in total. The molecule has 7 heteroatoms. The molecule has 1 aromatic heterocycles. The maximum Gasteiger partial charge on any atom is 0.338 e. The summed E-state index contributed by atoms with van der Waals surface area (Å²) < 4.78 is 13.1. The van der Waals surface area contributed by atoms with E-state index in [9.17, 15) is 9.59 Å². The van der Waals surface area contributed by atoms with Crippen molar-refractivity contribution in [2.45, 2.75) is 32.7 Å². The smallest absolute Gasteiger partial charge is 0.338 e. The van der Waals surface area contributed by atoms with Crippen LogP contribution in [0.1, 0.15) is 55.0 Å². The maximum atomic E-state index is 14.0. The molecule has 1 atom stereocenters. The number of ether oxygens (including phenoxy) is 2. The minimum atomic E-state index is -0.705. The highest BCUT2D eigenvalue weighted by Gasteiger charge is 2.35. The van der Waals surface area contributed by atoms with Crippen molar-refractivity contribution in [3.05, 3.63) is 126 Å². The highest BCUT2D eigenvalue weighted by molar-refractivity contribution is 7.07. The van der Waals surface area contributed by atoms with Crippen molar-refractivity contribution in [3.63, 3.8) is 0 Å². The second kappa shape index (κ2) is 12.2. The van der Waals surface area contributed by atoms with E-state index in [4.69, 9.17) is 20.9 Å². The van der Waals surface area contributed by atoms with E-state index >= 15 is 0 Å². The number of hydrogen-bond donors (Lipinski definition) is 0. The molecule has 0 bridgehead atoms. The molecule has 0 fully saturated rings. The van der Waals surface area contributed by atoms with Gasteiger partial charge in [0.15, 0.2) is 4.80 Å². The van der Waals surface area contributed by atoms with Crippen LogP contribution in [0.4, 0.5) is 0 Å². The number of esters is 1. The number of aromatic nitrogens is 1. The quantitative estimate of drug-likeness (QED) is 0.222. The van der Waals surface area contributed by atoms with Gasteiger partial charge in [-0.3, -0.25) is 9.36 Å². The molecule has 0 amide bonds. The first-order valence-electron chi connectivity index (χ1n) is 13.5. The van der Waals surface area contributed by atoms with Crippen LogP contribution in [0.3, 0.4) is 0 Å². The number of nitrogens with zero attached hydrogens (tertiary/aromatic N) is 2. The molecule has 0 saturated carbocycles. The van der Waals surface area contributed by atoms with Crippen LogP contribution in [0.2, 0.25) is 0 Å². The van der Waals surface area contributed by atoms with E-state index in [0.29, 0.717) is 32.3 Å². The van der Waals surface area contributed by atoms with Gasteiger partial charge in [-0.05, 0) is 47.7 Å². The molecule has 3 aromatic carbocycles. The molecule has 206 valence electrons. The lowest BCUT2D eigenvalue weighted by Gasteiger charge is -2.26. The summed E-state index contributed by atoms with van der Waals surface area (Å²) in [5, 5.41) is 0. The summed E-state index contributed by atoms with van der Waals surface area (Å²) in [6, 6.07) is 24.3. The summed E-state index contributed by atoms with van der Waals surface area (Å²) in [5.74, 6) is 2.94. The Morgan fingerprint density at radius 1 is 1.07 bits per heavy atom. The van der Waals surface area contributed by atoms with Crippen molar-refractivity contribution in [3.8, 4) is 18.1 Å². The molecule has 41 heavy (non-hydrogen) atoms. The Balaban J connectivity index is 1.73. The third-order valence-electron chi connectivity index (χ3n) is 6.79. The van der Waals surface area contributed by atoms with Gasteiger partial charge in [0.2, 0.25) is 0 Å². The van der Waals surface area contributed by atoms with Crippen LogP contribution in [-0.4, -0.2) is 23.8 Å². The molecular weight excluding hydrogens is 532 g/mol. The summed E-state index contributed by atoms with van der Waals surface area (Å²) in [5.41, 5.74) is 4.19. The fourth-order valence-corrected chi connectivity index (χ4v) is 5.76. The second-order valence-corrected chi connectivity index (χ2v) is 10.8. The summed E-state index contributed by atoms with van der Waals surface area (Å²) in [7, 11) is 0. The van der Waals surface area contributed by atoms with E-state index in [1.807, 2.05) is 84.9 Å². The fraction of sp³-hybridized carbons (Fsp3) is 0.206. The lowest BCUT2D eigenvalue weighted by Crippen LogP contribution is -2.40. The van der Waals surface area contributed by atoms with E-state index in [1.54, 1.807) is 11.5 Å². The van der Waals surface area contributed by atoms with Crippen molar-refractivity contribution >= 4 is 29.1 Å². The average Bonchev–Trinajstić information content (AvgIpc) is 3.30. The van der Waals surface area contributed by atoms with Gasteiger partial charge < -0.3 is 9.47 Å². The van der Waals surface area contributed by atoms with Gasteiger partial charge in [0.1, 0.15) is 12.4 Å². The Labute approximate surface area is 242 Å². The van der Waals surface area contributed by atoms with Gasteiger partial charge in [-0.2, -0.15) is 0 Å². The number of carbonyl (C=O) groups is 1. The Hall–Kier alpha value is -4.67. The third kappa shape index (κ3) is 5.79. The molecule has 0 unspecified atom stereocenters. The van der Waals surface area contributed by atoms with Crippen LogP contribution in [0.15, 0.2) is 94.2 Å². The van der Waals surface area contributed by atoms with Crippen LogP contribution >= 0.6 is 11.3 Å². The van der Waals surface area contributed by atoms with Crippen molar-refractivity contribution in [2.75, 3.05) is 13.2 Å². The predicted octanol–water partition coefficient (Wildman–Crippen LogP) is 5.07. The lowest BCUT2D eigenvalue weighted by atomic mass is 9.91. The summed E-state index contributed by atoms with van der Waals surface area (Å²) in [6.45, 7) is 6.41. The first-order chi connectivity index (χ1) is 19.9. The third-order valence-corrected chi connectivity index (χ3v) is 7.78. The van der Waals surface area contributed by atoms with Crippen LogP contribution in [-0.2, 0) is 9.53 Å². The lowest BCUT2D eigenvalue weighted by molar-refractivity contribution is -0.138. The number of thiazole rings is 1. The van der Waals surface area contributed by atoms with Crippen LogP contribution in [0.25, 0.3) is 11.8 Å². The van der Waals surface area contributed by atoms with Gasteiger partial charge >= 0.3 is 5.97 Å². The predicted molar refractivity (Wildman–Crippen MR) is 162 cm³/mol. The second-order valence-electron chi connectivity index (χ2n) is 9.81. The number of hydrogen-bond acceptors (Lipinski definition) is 6. The van der Waals surface area contributed by atoms with E-state index in [2.05, 4.69) is 19.8 Å². The van der Waals surface area contributed by atoms with Gasteiger partial charge in [0.25, 0.3) is 5.56 Å². The van der Waals surface area contributed by atoms with Gasteiger partial charge in [-0.25, -0.2) is 9.79 Å². The van der Waals surface area contributed by atoms with Gasteiger partial charge in [-0.1, -0.05) is 97.8 Å². The molecular formula is C34H30N2O4S. The zero-order valence-corrected chi connectivity index (χ0v) is 24.0. The average molecular weight is 563 g/mol. The van der Waals surface area contributed by atoms with Crippen LogP contribution in [0.5, 0.6) is 5.75 Å². The zero-order chi connectivity index (χ0) is 28.9. The Bertz CT molecular complexity index is 1810. The molecule has 1 aliphatic heterocycles. The highest BCUT2D eigenvalue weighted by Crippen LogP contribution is 2.35. The zero-order valence-electron chi connectivity index (χ0n) is 23.2. The first-order valence-corrected chi connectivity index (χ1v) is 14.3. The Morgan fingerprint density at radius 3 is 2.41 bits per heavy atom. The van der Waals surface area contributed by atoms with E-state index in [0.717, 1.165) is 16.7 Å². The highest BCUT2D eigenvalue weighted by atomic mass is 32.1. The topological polar surface area (TPSA) is 69.9 Å². The number of rotatable bonds is 8. The normalized spacial score (nSPS) is 14.8. The SMILES string of the molecule is C#CCOc1ccc(/C=c2\sc3n(c2=O)[C@@H](c2ccc(C(C)C)cc2)C(C(=O)OCC)=C(c2ccccc2)N=3)cc1. The van der Waals surface area contributed by atoms with Crippen molar-refractivity contribution < 1.29 is 14.3 Å². The summed E-state index contributed by atoms with van der Waals surface area (Å²) >= 11 is 1.29. The van der Waals surface area contributed by atoms with Gasteiger partial charge in [0, 0.05) is 5.56 Å². The summed E-state index contributed by atoms with van der Waals surface area (Å²) in [4.78, 5) is 33.0. The van der Waals surface area contributed by atoms with E-state index in [1.165, 1.54) is 16.9 Å². The Kier molecular flexibility index (Phi) is 8.32. The van der Waals surface area contributed by atoms with Crippen molar-refractivity contribution in [1.82, 2.24) is 4.57 Å². The largest absolute Gasteiger partial charge is 0.481 e. The van der Waals surface area contributed by atoms with E-state index < -0.39 is 12.0 Å². The molecule has 0 spiro atoms. The van der Waals surface area contributed by atoms with Crippen LogP contribution < -0.4 is 19.6 Å². The molecule has 1 aliphatic rings. The first kappa shape index (κ1) is 27.9. The van der Waals surface area contributed by atoms with Crippen molar-refractivity contribution in [1.29, 1.82) is 0 Å². The summed E-state index contributed by atoms with van der Waals surface area (Å²) in [6.07, 6.45) is 7.10. The number of fused-ring (bicyclic) bond motifs is 1. The number of terminal acetylenes is 1. The van der Waals surface area contributed by atoms with Crippen LogP contribution in [0, 0.1) is 12.3 Å². The maximum absolute atomic E-state index is 14.0. The minimum absolute atomic E-state index is 0.183. The number of carbonyl (C=O) groups excluding carboxylic acids is 1. The van der Waals surface area contributed by atoms with Gasteiger partial charge in [-0.15, -0.1) is 6.42 Å². The molecule has 0 radical (unpaired) electrons. The van der Waals surface area contributed by atoms with Gasteiger partial charge in [0.05, 0.1) is 28.5 Å². The molecule has 0 aliphatic carbocycles. The monoisotopic (exact) mass is 562 g/mol. The van der Waals surface area contributed by atoms with E-state index in [-0.39, 0.29) is 18.8 Å². The minimum Gasteiger partial charge on any atom is -0.481 e.